The number of hydrogen-bond donors (Lipinski definition) is 1. The monoisotopic (exact) mass is 390 g/mol. The number of nitrogens with zero attached hydrogens (tertiary/aromatic N) is 3. The van der Waals surface area contributed by atoms with E-state index < -0.39 is 0 Å². The molecule has 0 atom stereocenters. The molecule has 0 unspecified atom stereocenters. The molecule has 1 aromatic heterocycles. The van der Waals surface area contributed by atoms with E-state index in [0.29, 0.717) is 54.8 Å². The Labute approximate surface area is 163 Å². The quantitative estimate of drug-likeness (QED) is 0.770. The summed E-state index contributed by atoms with van der Waals surface area (Å²) in [6, 6.07) is 3.81. The van der Waals surface area contributed by atoms with Crippen LogP contribution >= 0.6 is 0 Å². The Morgan fingerprint density at radius 1 is 1.00 bits per heavy atom. The van der Waals surface area contributed by atoms with Gasteiger partial charge in [0.2, 0.25) is 5.75 Å². The first-order chi connectivity index (χ1) is 13.4. The predicted octanol–water partition coefficient (Wildman–Crippen LogP) is 0.538. The number of ether oxygens (including phenoxy) is 3. The van der Waals surface area contributed by atoms with Gasteiger partial charge in [-0.2, -0.15) is 0 Å². The summed E-state index contributed by atoms with van der Waals surface area (Å²) >= 11 is 0. The Morgan fingerprint density at radius 3 is 2.36 bits per heavy atom. The number of aromatic nitrogens is 2. The van der Waals surface area contributed by atoms with Crippen molar-refractivity contribution in [3.05, 3.63) is 44.1 Å². The van der Waals surface area contributed by atoms with Crippen molar-refractivity contribution in [1.29, 1.82) is 0 Å². The maximum absolute atomic E-state index is 12.5. The van der Waals surface area contributed by atoms with Gasteiger partial charge in [0.15, 0.2) is 11.5 Å². The first-order valence-corrected chi connectivity index (χ1v) is 8.95. The molecule has 0 radical (unpaired) electrons. The molecule has 0 fully saturated rings. The van der Waals surface area contributed by atoms with Crippen molar-refractivity contribution in [3.8, 4) is 17.2 Å². The molecule has 0 bridgehead atoms. The van der Waals surface area contributed by atoms with Crippen molar-refractivity contribution in [1.82, 2.24) is 14.0 Å². The smallest absolute Gasteiger partial charge is 0.332 e. The second-order valence-electron chi connectivity index (χ2n) is 6.66. The van der Waals surface area contributed by atoms with Crippen molar-refractivity contribution >= 4 is 5.82 Å². The summed E-state index contributed by atoms with van der Waals surface area (Å²) in [5.41, 5.74) is 0.980. The summed E-state index contributed by atoms with van der Waals surface area (Å²) in [6.07, 6.45) is 0.701. The average Bonchev–Trinajstić information content (AvgIpc) is 2.73. The number of hydrogen-bond acceptors (Lipinski definition) is 7. The fraction of sp³-hybridized carbons (Fsp3) is 0.474. The molecule has 0 amide bonds. The minimum absolute atomic E-state index is 0.265. The van der Waals surface area contributed by atoms with E-state index >= 15 is 0 Å². The van der Waals surface area contributed by atoms with Gasteiger partial charge in [-0.1, -0.05) is 6.07 Å². The number of nitrogens with one attached hydrogen (secondary N) is 1. The van der Waals surface area contributed by atoms with Crippen molar-refractivity contribution in [2.75, 3.05) is 39.9 Å². The lowest BCUT2D eigenvalue weighted by molar-refractivity contribution is 0.271. The zero-order valence-corrected chi connectivity index (χ0v) is 16.9. The van der Waals surface area contributed by atoms with E-state index in [0.717, 1.165) is 10.1 Å². The third kappa shape index (κ3) is 3.33. The van der Waals surface area contributed by atoms with E-state index in [2.05, 4.69) is 10.2 Å². The van der Waals surface area contributed by atoms with Gasteiger partial charge in [-0.15, -0.1) is 0 Å². The van der Waals surface area contributed by atoms with E-state index in [1.54, 1.807) is 28.4 Å². The molecule has 9 nitrogen and oxygen atoms in total. The Hall–Kier alpha value is -2.94. The van der Waals surface area contributed by atoms with Crippen LogP contribution in [0, 0.1) is 0 Å². The molecule has 0 saturated carbocycles. The van der Waals surface area contributed by atoms with Crippen LogP contribution in [-0.2, 0) is 27.1 Å². The summed E-state index contributed by atoms with van der Waals surface area (Å²) in [5, 5.41) is 3.20. The molecular weight excluding hydrogens is 364 g/mol. The highest BCUT2D eigenvalue weighted by molar-refractivity contribution is 5.56. The fourth-order valence-electron chi connectivity index (χ4n) is 3.54. The zero-order chi connectivity index (χ0) is 20.4. The topological polar surface area (TPSA) is 87.0 Å². The molecule has 3 rings (SSSR count). The first-order valence-electron chi connectivity index (χ1n) is 8.95. The van der Waals surface area contributed by atoms with Crippen LogP contribution in [-0.4, -0.2) is 48.6 Å². The third-order valence-corrected chi connectivity index (χ3v) is 5.09. The molecular formula is C19H26N4O5. The Balaban J connectivity index is 1.81. The standard InChI is InChI=1S/C19H26N4O5/c1-21-17-13(18(24)22(2)19(21)25)10-23(11-20-17)9-8-12-6-7-14(26-3)16(28-5)15(12)27-4/h6-7,20H,8-11H2,1-5H3. The maximum atomic E-state index is 12.5. The van der Waals surface area contributed by atoms with Crippen LogP contribution in [0.1, 0.15) is 11.1 Å². The van der Waals surface area contributed by atoms with Gasteiger partial charge in [0.1, 0.15) is 5.82 Å². The van der Waals surface area contributed by atoms with Gasteiger partial charge >= 0.3 is 5.69 Å². The van der Waals surface area contributed by atoms with Gasteiger partial charge in [0.25, 0.3) is 5.56 Å². The van der Waals surface area contributed by atoms with Gasteiger partial charge in [-0.3, -0.25) is 18.8 Å². The van der Waals surface area contributed by atoms with Gasteiger partial charge < -0.3 is 19.5 Å². The lowest BCUT2D eigenvalue weighted by Crippen LogP contribution is -2.46. The molecule has 0 spiro atoms. The molecule has 2 heterocycles. The SMILES string of the molecule is COc1ccc(CCN2CNc3c(c(=O)n(C)c(=O)n3C)C2)c(OC)c1OC. The highest BCUT2D eigenvalue weighted by Crippen LogP contribution is 2.40. The van der Waals surface area contributed by atoms with Gasteiger partial charge in [0.05, 0.1) is 33.6 Å². The second-order valence-corrected chi connectivity index (χ2v) is 6.66. The van der Waals surface area contributed by atoms with Crippen LogP contribution in [0.4, 0.5) is 5.82 Å². The highest BCUT2D eigenvalue weighted by Gasteiger charge is 2.23. The first kappa shape index (κ1) is 19.8. The molecule has 1 aliphatic rings. The number of anilines is 1. The van der Waals surface area contributed by atoms with Crippen LogP contribution < -0.4 is 30.8 Å². The van der Waals surface area contributed by atoms with Crippen LogP contribution in [0.5, 0.6) is 17.2 Å². The molecule has 2 aromatic rings. The van der Waals surface area contributed by atoms with Gasteiger partial charge in [-0.25, -0.2) is 4.79 Å². The summed E-state index contributed by atoms with van der Waals surface area (Å²) in [6.45, 7) is 1.71. The van der Waals surface area contributed by atoms with Crippen LogP contribution in [0.25, 0.3) is 0 Å². The van der Waals surface area contributed by atoms with E-state index in [1.807, 2.05) is 12.1 Å². The third-order valence-electron chi connectivity index (χ3n) is 5.09. The summed E-state index contributed by atoms with van der Waals surface area (Å²) in [7, 11) is 7.93. The molecule has 9 heteroatoms. The van der Waals surface area contributed by atoms with E-state index in [9.17, 15) is 9.59 Å². The summed E-state index contributed by atoms with van der Waals surface area (Å²) in [5.74, 6) is 2.41. The Morgan fingerprint density at radius 2 is 1.71 bits per heavy atom. The van der Waals surface area contributed by atoms with Crippen molar-refractivity contribution in [3.63, 3.8) is 0 Å². The van der Waals surface area contributed by atoms with Crippen LogP contribution in [0.2, 0.25) is 0 Å². The van der Waals surface area contributed by atoms with Crippen molar-refractivity contribution in [2.24, 2.45) is 14.1 Å². The minimum atomic E-state index is -0.334. The van der Waals surface area contributed by atoms with Crippen LogP contribution in [0.3, 0.4) is 0 Å². The molecule has 1 aliphatic heterocycles. The average molecular weight is 390 g/mol. The molecule has 28 heavy (non-hydrogen) atoms. The van der Waals surface area contributed by atoms with E-state index in [4.69, 9.17) is 14.2 Å². The molecule has 0 aliphatic carbocycles. The molecule has 1 N–H and O–H groups in total. The zero-order valence-electron chi connectivity index (χ0n) is 16.9. The molecule has 1 aromatic carbocycles. The fourth-order valence-corrected chi connectivity index (χ4v) is 3.54. The van der Waals surface area contributed by atoms with Gasteiger partial charge in [-0.05, 0) is 18.1 Å². The van der Waals surface area contributed by atoms with E-state index in [-0.39, 0.29) is 11.2 Å². The van der Waals surface area contributed by atoms with Crippen molar-refractivity contribution < 1.29 is 14.2 Å². The maximum Gasteiger partial charge on any atom is 0.332 e. The number of benzene rings is 1. The van der Waals surface area contributed by atoms with Gasteiger partial charge in [0, 0.05) is 27.2 Å². The summed E-state index contributed by atoms with van der Waals surface area (Å²) in [4.78, 5) is 26.7. The second kappa shape index (κ2) is 7.97. The van der Waals surface area contributed by atoms with Crippen molar-refractivity contribution in [2.45, 2.75) is 13.0 Å². The number of fused-ring (bicyclic) bond motifs is 1. The Kier molecular flexibility index (Phi) is 5.64. The normalized spacial score (nSPS) is 13.6. The van der Waals surface area contributed by atoms with Crippen LogP contribution in [0.15, 0.2) is 21.7 Å². The largest absolute Gasteiger partial charge is 0.493 e. The number of methoxy groups -OCH3 is 3. The Bertz CT molecular complexity index is 995. The molecule has 0 saturated heterocycles. The summed E-state index contributed by atoms with van der Waals surface area (Å²) < 4.78 is 18.9. The van der Waals surface area contributed by atoms with E-state index in [1.165, 1.54) is 11.6 Å². The predicted molar refractivity (Wildman–Crippen MR) is 106 cm³/mol. The lowest BCUT2D eigenvalue weighted by Gasteiger charge is -2.30. The highest BCUT2D eigenvalue weighted by atomic mass is 16.5. The lowest BCUT2D eigenvalue weighted by atomic mass is 10.1. The molecule has 152 valence electrons. The number of rotatable bonds is 6. The minimum Gasteiger partial charge on any atom is -0.493 e.